The molecule has 1 amide bonds. The van der Waals surface area contributed by atoms with Gasteiger partial charge in [-0.2, -0.15) is 0 Å². The lowest BCUT2D eigenvalue weighted by molar-refractivity contribution is -0.119. The standard InChI is InChI=1S/C20H16N2O/c21-22-18-13-7-6-11-16(18)15-10-4-5-12-17(15)19(20(22)23)14-8-2-1-3-9-14/h1-13,19H,21H2. The number of para-hydroxylation sites is 1. The molecule has 0 bridgehead atoms. The molecule has 0 saturated heterocycles. The van der Waals surface area contributed by atoms with Crippen molar-refractivity contribution in [3.63, 3.8) is 0 Å². The largest absolute Gasteiger partial charge is 0.272 e. The van der Waals surface area contributed by atoms with Crippen molar-refractivity contribution in [2.75, 3.05) is 5.01 Å². The quantitative estimate of drug-likeness (QED) is 0.550. The molecule has 1 aliphatic rings. The summed E-state index contributed by atoms with van der Waals surface area (Å²) in [6.07, 6.45) is 0. The molecule has 23 heavy (non-hydrogen) atoms. The Balaban J connectivity index is 2.02. The van der Waals surface area contributed by atoms with Crippen LogP contribution in [0, 0.1) is 0 Å². The van der Waals surface area contributed by atoms with Crippen molar-refractivity contribution in [2.45, 2.75) is 5.92 Å². The van der Waals surface area contributed by atoms with Gasteiger partial charge in [0, 0.05) is 5.56 Å². The number of hydrogen-bond donors (Lipinski definition) is 1. The van der Waals surface area contributed by atoms with Crippen molar-refractivity contribution in [1.82, 2.24) is 0 Å². The average Bonchev–Trinajstić information content (AvgIpc) is 2.71. The van der Waals surface area contributed by atoms with E-state index in [-0.39, 0.29) is 5.91 Å². The van der Waals surface area contributed by atoms with Crippen LogP contribution < -0.4 is 10.9 Å². The molecule has 112 valence electrons. The summed E-state index contributed by atoms with van der Waals surface area (Å²) < 4.78 is 0. The molecule has 1 unspecified atom stereocenters. The summed E-state index contributed by atoms with van der Waals surface area (Å²) >= 11 is 0. The van der Waals surface area contributed by atoms with Crippen LogP contribution in [0.3, 0.4) is 0 Å². The van der Waals surface area contributed by atoms with Gasteiger partial charge in [0.15, 0.2) is 0 Å². The molecule has 1 aliphatic heterocycles. The number of hydrogen-bond acceptors (Lipinski definition) is 2. The van der Waals surface area contributed by atoms with Crippen LogP contribution >= 0.6 is 0 Å². The second kappa shape index (κ2) is 5.38. The number of hydrazine groups is 1. The molecule has 3 heteroatoms. The lowest BCUT2D eigenvalue weighted by Crippen LogP contribution is -2.40. The van der Waals surface area contributed by atoms with Gasteiger partial charge in [0.05, 0.1) is 11.6 Å². The maximum Gasteiger partial charge on any atom is 0.253 e. The summed E-state index contributed by atoms with van der Waals surface area (Å²) in [6.45, 7) is 0. The lowest BCUT2D eigenvalue weighted by Gasteiger charge is -2.21. The third-order valence-electron chi connectivity index (χ3n) is 4.34. The highest BCUT2D eigenvalue weighted by atomic mass is 16.2. The van der Waals surface area contributed by atoms with Crippen molar-refractivity contribution in [3.8, 4) is 11.1 Å². The summed E-state index contributed by atoms with van der Waals surface area (Å²) in [4.78, 5) is 13.1. The number of anilines is 1. The molecular weight excluding hydrogens is 284 g/mol. The Morgan fingerprint density at radius 3 is 2.13 bits per heavy atom. The summed E-state index contributed by atoms with van der Waals surface area (Å²) in [5, 5.41) is 1.28. The number of carbonyl (C=O) groups excluding carboxylic acids is 1. The maximum absolute atomic E-state index is 13.1. The van der Waals surface area contributed by atoms with E-state index < -0.39 is 5.92 Å². The SMILES string of the molecule is NN1C(=O)C(c2ccccc2)c2ccccc2-c2ccccc21. The number of rotatable bonds is 1. The van der Waals surface area contributed by atoms with Crippen LogP contribution in [0.2, 0.25) is 0 Å². The summed E-state index contributed by atoms with van der Waals surface area (Å²) in [6, 6.07) is 25.6. The van der Waals surface area contributed by atoms with Gasteiger partial charge in [0.2, 0.25) is 0 Å². The molecule has 0 saturated carbocycles. The fraction of sp³-hybridized carbons (Fsp3) is 0.0500. The highest BCUT2D eigenvalue weighted by Crippen LogP contribution is 2.41. The van der Waals surface area contributed by atoms with Gasteiger partial charge in [0.1, 0.15) is 0 Å². The monoisotopic (exact) mass is 300 g/mol. The first-order chi connectivity index (χ1) is 11.3. The highest BCUT2D eigenvalue weighted by molar-refractivity contribution is 6.06. The molecule has 0 fully saturated rings. The zero-order chi connectivity index (χ0) is 15.8. The molecule has 3 nitrogen and oxygen atoms in total. The van der Waals surface area contributed by atoms with Gasteiger partial charge in [-0.3, -0.25) is 4.79 Å². The van der Waals surface area contributed by atoms with Gasteiger partial charge in [-0.05, 0) is 22.8 Å². The van der Waals surface area contributed by atoms with E-state index in [1.165, 1.54) is 5.01 Å². The average molecular weight is 300 g/mol. The second-order valence-corrected chi connectivity index (χ2v) is 5.66. The Kier molecular flexibility index (Phi) is 3.21. The summed E-state index contributed by atoms with van der Waals surface area (Å²) in [7, 11) is 0. The highest BCUT2D eigenvalue weighted by Gasteiger charge is 2.33. The van der Waals surface area contributed by atoms with Crippen molar-refractivity contribution in [3.05, 3.63) is 90.0 Å². The van der Waals surface area contributed by atoms with Gasteiger partial charge in [-0.15, -0.1) is 0 Å². The van der Waals surface area contributed by atoms with Crippen molar-refractivity contribution >= 4 is 11.6 Å². The third-order valence-corrected chi connectivity index (χ3v) is 4.34. The van der Waals surface area contributed by atoms with E-state index in [0.717, 1.165) is 27.9 Å². The number of carbonyl (C=O) groups is 1. The van der Waals surface area contributed by atoms with Gasteiger partial charge in [-0.1, -0.05) is 72.8 Å². The summed E-state index contributed by atoms with van der Waals surface area (Å²) in [5.41, 5.74) is 4.72. The van der Waals surface area contributed by atoms with Crippen LogP contribution in [0.5, 0.6) is 0 Å². The first-order valence-corrected chi connectivity index (χ1v) is 7.59. The molecule has 0 spiro atoms. The smallest absolute Gasteiger partial charge is 0.253 e. The van der Waals surface area contributed by atoms with E-state index in [1.807, 2.05) is 72.8 Å². The Hall–Kier alpha value is -2.91. The van der Waals surface area contributed by atoms with E-state index in [9.17, 15) is 4.79 Å². The second-order valence-electron chi connectivity index (χ2n) is 5.66. The third kappa shape index (κ3) is 2.14. The fourth-order valence-corrected chi connectivity index (χ4v) is 3.26. The molecule has 2 N–H and O–H groups in total. The van der Waals surface area contributed by atoms with E-state index in [1.54, 1.807) is 0 Å². The number of benzene rings is 3. The van der Waals surface area contributed by atoms with Crippen molar-refractivity contribution in [2.24, 2.45) is 5.84 Å². The van der Waals surface area contributed by atoms with E-state index >= 15 is 0 Å². The van der Waals surface area contributed by atoms with Gasteiger partial charge < -0.3 is 0 Å². The van der Waals surface area contributed by atoms with Crippen LogP contribution in [-0.4, -0.2) is 5.91 Å². The normalized spacial score (nSPS) is 16.5. The van der Waals surface area contributed by atoms with Crippen molar-refractivity contribution < 1.29 is 4.79 Å². The van der Waals surface area contributed by atoms with Crippen LogP contribution in [0.4, 0.5) is 5.69 Å². The fourth-order valence-electron chi connectivity index (χ4n) is 3.26. The van der Waals surface area contributed by atoms with Crippen LogP contribution in [0.25, 0.3) is 11.1 Å². The molecule has 4 rings (SSSR count). The first-order valence-electron chi connectivity index (χ1n) is 7.59. The van der Waals surface area contributed by atoms with Gasteiger partial charge in [0.25, 0.3) is 5.91 Å². The molecule has 0 aromatic heterocycles. The molecule has 3 aromatic rings. The molecule has 1 atom stereocenters. The molecule has 0 aliphatic carbocycles. The van der Waals surface area contributed by atoms with Crippen LogP contribution in [0.15, 0.2) is 78.9 Å². The minimum Gasteiger partial charge on any atom is -0.272 e. The lowest BCUT2D eigenvalue weighted by atomic mass is 9.86. The topological polar surface area (TPSA) is 46.3 Å². The van der Waals surface area contributed by atoms with Crippen LogP contribution in [0.1, 0.15) is 17.0 Å². The van der Waals surface area contributed by atoms with E-state index in [0.29, 0.717) is 0 Å². The number of nitrogens with zero attached hydrogens (tertiary/aromatic N) is 1. The number of fused-ring (bicyclic) bond motifs is 3. The Morgan fingerprint density at radius 1 is 0.739 bits per heavy atom. The van der Waals surface area contributed by atoms with Gasteiger partial charge in [-0.25, -0.2) is 10.9 Å². The van der Waals surface area contributed by atoms with Gasteiger partial charge >= 0.3 is 0 Å². The molecule has 1 heterocycles. The Morgan fingerprint density at radius 2 is 1.35 bits per heavy atom. The minimum atomic E-state index is -0.398. The Labute approximate surface area is 135 Å². The van der Waals surface area contributed by atoms with E-state index in [2.05, 4.69) is 6.07 Å². The zero-order valence-corrected chi connectivity index (χ0v) is 12.5. The zero-order valence-electron chi connectivity index (χ0n) is 12.5. The molecule has 0 radical (unpaired) electrons. The number of nitrogens with two attached hydrogens (primary N) is 1. The van der Waals surface area contributed by atoms with E-state index in [4.69, 9.17) is 5.84 Å². The predicted molar refractivity (Wildman–Crippen MR) is 91.8 cm³/mol. The number of amides is 1. The molecule has 3 aromatic carbocycles. The summed E-state index contributed by atoms with van der Waals surface area (Å²) in [5.74, 6) is 5.67. The molecular formula is C20H16N2O. The first kappa shape index (κ1) is 13.7. The van der Waals surface area contributed by atoms with Crippen LogP contribution in [-0.2, 0) is 4.79 Å². The maximum atomic E-state index is 13.1. The Bertz CT molecular complexity index is 874. The minimum absolute atomic E-state index is 0.117. The van der Waals surface area contributed by atoms with Crippen molar-refractivity contribution in [1.29, 1.82) is 0 Å². The predicted octanol–water partition coefficient (Wildman–Crippen LogP) is 3.71.